The minimum Gasteiger partial charge on any atom is -0.392 e. The minimum atomic E-state index is -0.887. The van der Waals surface area contributed by atoms with Gasteiger partial charge >= 0.3 is 0 Å². The van der Waals surface area contributed by atoms with E-state index in [-0.39, 0.29) is 12.0 Å². The third-order valence-corrected chi connectivity index (χ3v) is 11.3. The number of rotatable bonds is 4. The highest BCUT2D eigenvalue weighted by atomic mass is 32.1. The number of hydrogen-bond acceptors (Lipinski definition) is 4. The number of aliphatic hydroxyl groups is 2. The van der Waals surface area contributed by atoms with Crippen molar-refractivity contribution >= 4 is 17.1 Å². The fourth-order valence-electron chi connectivity index (χ4n) is 8.88. The molecule has 0 aliphatic heterocycles. The van der Waals surface area contributed by atoms with E-state index in [2.05, 4.69) is 54.9 Å². The Morgan fingerprint density at radius 2 is 1.92 bits per heavy atom. The molecule has 0 amide bonds. The maximum Gasteiger partial charge on any atom is 0.155 e. The molecule has 4 heteroatoms. The predicted octanol–water partition coefficient (Wildman–Crippen LogP) is 6.78. The Morgan fingerprint density at radius 3 is 2.64 bits per heavy atom. The van der Waals surface area contributed by atoms with Crippen molar-refractivity contribution in [2.45, 2.75) is 63.9 Å². The summed E-state index contributed by atoms with van der Waals surface area (Å²) in [4.78, 5) is 12.4. The Morgan fingerprint density at radius 1 is 1.11 bits per heavy atom. The van der Waals surface area contributed by atoms with Gasteiger partial charge in [0.1, 0.15) is 0 Å². The Kier molecular flexibility index (Phi) is 6.13. The van der Waals surface area contributed by atoms with Crippen LogP contribution in [0.4, 0.5) is 0 Å². The van der Waals surface area contributed by atoms with Crippen LogP contribution in [0.5, 0.6) is 0 Å². The first-order valence-corrected chi connectivity index (χ1v) is 14.7. The Balaban J connectivity index is 1.44. The normalized spacial score (nSPS) is 40.0. The lowest BCUT2D eigenvalue weighted by Crippen LogP contribution is -2.55. The molecule has 1 aromatic carbocycles. The van der Waals surface area contributed by atoms with Crippen LogP contribution in [0.15, 0.2) is 64.9 Å². The lowest BCUT2D eigenvalue weighted by atomic mass is 9.45. The van der Waals surface area contributed by atoms with Gasteiger partial charge in [-0.15, -0.1) is 0 Å². The molecule has 1 aromatic heterocycles. The number of fused-ring (bicyclic) bond motifs is 5. The molecule has 3 saturated carbocycles. The summed E-state index contributed by atoms with van der Waals surface area (Å²) < 4.78 is 0. The van der Waals surface area contributed by atoms with Crippen LogP contribution in [0.1, 0.15) is 63.9 Å². The summed E-state index contributed by atoms with van der Waals surface area (Å²) in [6, 6.07) is 11.4. The summed E-state index contributed by atoms with van der Waals surface area (Å²) in [5, 5.41) is 25.8. The molecular weight excluding hydrogens is 464 g/mol. The van der Waals surface area contributed by atoms with Crippen LogP contribution >= 0.6 is 11.3 Å². The number of aliphatic hydroxyl groups excluding tert-OH is 1. The van der Waals surface area contributed by atoms with E-state index in [1.165, 1.54) is 22.3 Å². The highest BCUT2D eigenvalue weighted by molar-refractivity contribution is 7.08. The van der Waals surface area contributed by atoms with Crippen LogP contribution in [-0.2, 0) is 4.79 Å². The monoisotopic (exact) mass is 502 g/mol. The van der Waals surface area contributed by atoms with Crippen molar-refractivity contribution in [1.82, 2.24) is 0 Å². The van der Waals surface area contributed by atoms with E-state index in [9.17, 15) is 15.0 Å². The van der Waals surface area contributed by atoms with Crippen molar-refractivity contribution in [1.29, 1.82) is 0 Å². The summed E-state index contributed by atoms with van der Waals surface area (Å²) in [6.07, 6.45) is 11.1. The first-order valence-electron chi connectivity index (χ1n) is 13.7. The molecule has 2 N–H and O–H groups in total. The van der Waals surface area contributed by atoms with E-state index in [0.29, 0.717) is 47.7 Å². The molecule has 36 heavy (non-hydrogen) atoms. The molecule has 4 aliphatic rings. The second kappa shape index (κ2) is 9.08. The van der Waals surface area contributed by atoms with Crippen molar-refractivity contribution in [3.05, 3.63) is 70.5 Å². The highest BCUT2D eigenvalue weighted by Gasteiger charge is 2.64. The van der Waals surface area contributed by atoms with Gasteiger partial charge in [0.2, 0.25) is 0 Å². The first kappa shape index (κ1) is 24.3. The topological polar surface area (TPSA) is 57.5 Å². The molecule has 2 aromatic rings. The highest BCUT2D eigenvalue weighted by Crippen LogP contribution is 2.69. The maximum absolute atomic E-state index is 12.4. The molecule has 6 rings (SSSR count). The van der Waals surface area contributed by atoms with Crippen molar-refractivity contribution < 1.29 is 15.0 Å². The zero-order valence-electron chi connectivity index (χ0n) is 21.4. The van der Waals surface area contributed by atoms with E-state index in [4.69, 9.17) is 0 Å². The zero-order valence-corrected chi connectivity index (χ0v) is 22.2. The smallest absolute Gasteiger partial charge is 0.155 e. The molecule has 3 fully saturated rings. The van der Waals surface area contributed by atoms with Crippen molar-refractivity contribution in [3.8, 4) is 11.1 Å². The van der Waals surface area contributed by atoms with Crippen LogP contribution in [-0.4, -0.2) is 28.2 Å². The number of carbonyl (C=O) groups is 1. The van der Waals surface area contributed by atoms with Crippen LogP contribution in [0, 0.1) is 35.0 Å². The molecule has 1 heterocycles. The van der Waals surface area contributed by atoms with Crippen LogP contribution < -0.4 is 0 Å². The van der Waals surface area contributed by atoms with Gasteiger partial charge in [-0.05, 0) is 107 Å². The standard InChI is InChI=1S/C32H38O3S/c1-20-16-27-29-10-13-32(35,12-3-14-33)31(29,2)18-28(30(27)25-9-8-24(34)17-26(20)25)22-6-4-21(5-7-22)23-11-15-36-19-23/h3-7,11-12,15,17,19-20,25,27-30,33,35H,8-10,13-14,16,18H2,1-2H3/b12-3-/t20-,25-,27-,28+,29-,30+,31-,32-/m0/s1. The summed E-state index contributed by atoms with van der Waals surface area (Å²) in [5.74, 6) is 3.03. The summed E-state index contributed by atoms with van der Waals surface area (Å²) in [7, 11) is 0. The van der Waals surface area contributed by atoms with Gasteiger partial charge in [0.25, 0.3) is 0 Å². The maximum atomic E-state index is 12.4. The van der Waals surface area contributed by atoms with Crippen LogP contribution in [0.3, 0.4) is 0 Å². The Hall–Kier alpha value is -2.01. The van der Waals surface area contributed by atoms with Gasteiger partial charge < -0.3 is 10.2 Å². The largest absolute Gasteiger partial charge is 0.392 e. The van der Waals surface area contributed by atoms with E-state index in [1.807, 2.05) is 12.2 Å². The number of benzene rings is 1. The molecule has 0 spiro atoms. The first-order chi connectivity index (χ1) is 17.3. The fourth-order valence-corrected chi connectivity index (χ4v) is 9.55. The number of allylic oxidation sites excluding steroid dienone is 1. The number of ketones is 1. The van der Waals surface area contributed by atoms with Crippen LogP contribution in [0.25, 0.3) is 11.1 Å². The quantitative estimate of drug-likeness (QED) is 0.453. The zero-order chi connectivity index (χ0) is 25.1. The van der Waals surface area contributed by atoms with Crippen LogP contribution in [0.2, 0.25) is 0 Å². The van der Waals surface area contributed by atoms with Crippen molar-refractivity contribution in [3.63, 3.8) is 0 Å². The lowest BCUT2D eigenvalue weighted by Gasteiger charge is -2.59. The number of hydrogen-bond donors (Lipinski definition) is 2. The Bertz CT molecular complexity index is 1180. The summed E-state index contributed by atoms with van der Waals surface area (Å²) in [6.45, 7) is 4.59. The van der Waals surface area contributed by atoms with E-state index >= 15 is 0 Å². The van der Waals surface area contributed by atoms with Gasteiger partial charge in [-0.3, -0.25) is 4.79 Å². The molecule has 0 unspecified atom stereocenters. The van der Waals surface area contributed by atoms with Gasteiger partial charge in [-0.25, -0.2) is 0 Å². The van der Waals surface area contributed by atoms with E-state index < -0.39 is 5.60 Å². The molecule has 0 saturated heterocycles. The second-order valence-electron chi connectivity index (χ2n) is 12.2. The average Bonchev–Trinajstić information content (AvgIpc) is 3.50. The summed E-state index contributed by atoms with van der Waals surface area (Å²) in [5.41, 5.74) is 4.16. The van der Waals surface area contributed by atoms with Gasteiger partial charge in [0.15, 0.2) is 5.78 Å². The average molecular weight is 503 g/mol. The van der Waals surface area contributed by atoms with Crippen molar-refractivity contribution in [2.75, 3.05) is 6.61 Å². The molecule has 4 aliphatic carbocycles. The fraction of sp³-hybridized carbons (Fsp3) is 0.531. The third kappa shape index (κ3) is 3.71. The van der Waals surface area contributed by atoms with Gasteiger partial charge in [-0.1, -0.05) is 55.8 Å². The molecule has 0 radical (unpaired) electrons. The molecule has 8 atom stereocenters. The second-order valence-corrected chi connectivity index (χ2v) is 12.9. The molecule has 3 nitrogen and oxygen atoms in total. The van der Waals surface area contributed by atoms with Gasteiger partial charge in [0, 0.05) is 11.8 Å². The van der Waals surface area contributed by atoms with E-state index in [1.54, 1.807) is 17.4 Å². The van der Waals surface area contributed by atoms with Crippen molar-refractivity contribution in [2.24, 2.45) is 35.0 Å². The third-order valence-electron chi connectivity index (χ3n) is 10.6. The predicted molar refractivity (Wildman–Crippen MR) is 146 cm³/mol. The number of thiophene rings is 1. The SMILES string of the molecule is C[C@H]1C[C@@H]2[C@H]([C@@H](c3ccc(-c4ccsc4)cc3)C[C@@]3(C)[C@H]2CC[C@@]3(O)/C=C\CO)[C@H]2CCC(=O)C=C12. The molecular formula is C32H38O3S. The summed E-state index contributed by atoms with van der Waals surface area (Å²) >= 11 is 1.72. The van der Waals surface area contributed by atoms with Gasteiger partial charge in [0.05, 0.1) is 12.2 Å². The Labute approximate surface area is 219 Å². The molecule has 190 valence electrons. The molecule has 0 bridgehead atoms. The van der Waals surface area contributed by atoms with E-state index in [0.717, 1.165) is 32.1 Å². The lowest BCUT2D eigenvalue weighted by molar-refractivity contribution is -0.118. The minimum absolute atomic E-state index is 0.0378. The van der Waals surface area contributed by atoms with Gasteiger partial charge in [-0.2, -0.15) is 11.3 Å². The number of carbonyl (C=O) groups excluding carboxylic acids is 1.